The molecular formula is C28H18BrFN2O3S. The summed E-state index contributed by atoms with van der Waals surface area (Å²) in [6, 6.07) is 25.2. The minimum atomic E-state index is -0.707. The molecule has 1 heterocycles. The second-order valence-electron chi connectivity index (χ2n) is 8.07. The number of anilines is 1. The van der Waals surface area contributed by atoms with Crippen molar-refractivity contribution in [1.82, 2.24) is 5.32 Å². The number of benzene rings is 4. The number of nitrogens with one attached hydrogen (secondary N) is 1. The highest BCUT2D eigenvalue weighted by atomic mass is 79.9. The van der Waals surface area contributed by atoms with Crippen molar-refractivity contribution < 1.29 is 18.7 Å². The molecule has 5 nitrogen and oxygen atoms in total. The maximum Gasteiger partial charge on any atom is 0.270 e. The summed E-state index contributed by atoms with van der Waals surface area (Å²) in [5, 5.41) is 4.58. The highest BCUT2D eigenvalue weighted by molar-refractivity contribution is 9.10. The second-order valence-corrected chi connectivity index (χ2v) is 9.31. The van der Waals surface area contributed by atoms with Gasteiger partial charge in [0.25, 0.3) is 11.8 Å². The predicted octanol–water partition coefficient (Wildman–Crippen LogP) is 6.15. The van der Waals surface area contributed by atoms with Gasteiger partial charge in [0, 0.05) is 0 Å². The van der Waals surface area contributed by atoms with E-state index < -0.39 is 17.6 Å². The fourth-order valence-corrected chi connectivity index (χ4v) is 4.67. The SMILES string of the molecule is O=C1NC(=S)N(c2ccccc2F)C(=O)C1=Cc1ccc(OCc2ccc3ccccc3c2)c(Br)c1. The van der Waals surface area contributed by atoms with Gasteiger partial charge in [-0.3, -0.25) is 14.9 Å². The molecule has 2 amide bonds. The van der Waals surface area contributed by atoms with E-state index in [4.69, 9.17) is 17.0 Å². The largest absolute Gasteiger partial charge is 0.488 e. The topological polar surface area (TPSA) is 58.6 Å². The van der Waals surface area contributed by atoms with E-state index in [-0.39, 0.29) is 16.4 Å². The molecule has 1 saturated heterocycles. The first kappa shape index (κ1) is 23.8. The van der Waals surface area contributed by atoms with Crippen molar-refractivity contribution in [3.05, 3.63) is 112 Å². The number of carbonyl (C=O) groups is 2. The monoisotopic (exact) mass is 560 g/mol. The third-order valence-electron chi connectivity index (χ3n) is 5.67. The van der Waals surface area contributed by atoms with Gasteiger partial charge in [-0.25, -0.2) is 9.29 Å². The molecule has 5 rings (SSSR count). The Kier molecular flexibility index (Phi) is 6.63. The summed E-state index contributed by atoms with van der Waals surface area (Å²) in [6.45, 7) is 0.375. The summed E-state index contributed by atoms with van der Waals surface area (Å²) in [6.07, 6.45) is 1.44. The molecule has 8 heteroatoms. The lowest BCUT2D eigenvalue weighted by atomic mass is 10.1. The van der Waals surface area contributed by atoms with E-state index >= 15 is 0 Å². The number of carbonyl (C=O) groups excluding carboxylic acids is 2. The molecule has 1 N–H and O–H groups in total. The van der Waals surface area contributed by atoms with E-state index in [2.05, 4.69) is 45.5 Å². The summed E-state index contributed by atoms with van der Waals surface area (Å²) in [5.41, 5.74) is 1.42. The fraction of sp³-hybridized carbons (Fsp3) is 0.0357. The molecule has 0 saturated carbocycles. The molecule has 0 spiro atoms. The molecule has 0 unspecified atom stereocenters. The van der Waals surface area contributed by atoms with Crippen molar-refractivity contribution in [3.63, 3.8) is 0 Å². The van der Waals surface area contributed by atoms with Gasteiger partial charge in [0.2, 0.25) is 0 Å². The summed E-state index contributed by atoms with van der Waals surface area (Å²) in [4.78, 5) is 26.6. The Morgan fingerprint density at radius 3 is 2.47 bits per heavy atom. The van der Waals surface area contributed by atoms with Gasteiger partial charge in [0.15, 0.2) is 5.11 Å². The Balaban J connectivity index is 1.36. The van der Waals surface area contributed by atoms with Crippen LogP contribution in [0.1, 0.15) is 11.1 Å². The molecule has 0 aromatic heterocycles. The normalized spacial score (nSPS) is 14.9. The van der Waals surface area contributed by atoms with Crippen LogP contribution in [0, 0.1) is 5.82 Å². The quantitative estimate of drug-likeness (QED) is 0.180. The van der Waals surface area contributed by atoms with Gasteiger partial charge >= 0.3 is 0 Å². The summed E-state index contributed by atoms with van der Waals surface area (Å²) in [5.74, 6) is -1.37. The number of thiocarbonyl (C=S) groups is 1. The number of halogens is 2. The van der Waals surface area contributed by atoms with Crippen molar-refractivity contribution in [2.75, 3.05) is 4.90 Å². The maximum absolute atomic E-state index is 14.3. The fourth-order valence-electron chi connectivity index (χ4n) is 3.89. The molecule has 1 aliphatic rings. The Morgan fingerprint density at radius 1 is 0.944 bits per heavy atom. The average molecular weight is 561 g/mol. The highest BCUT2D eigenvalue weighted by Gasteiger charge is 2.35. The van der Waals surface area contributed by atoms with E-state index in [1.165, 1.54) is 24.3 Å². The van der Waals surface area contributed by atoms with Crippen molar-refractivity contribution >= 4 is 67.6 Å². The third kappa shape index (κ3) is 4.78. The first-order valence-electron chi connectivity index (χ1n) is 11.0. The van der Waals surface area contributed by atoms with Gasteiger partial charge in [-0.05, 0) is 86.5 Å². The number of rotatable bonds is 5. The zero-order valence-corrected chi connectivity index (χ0v) is 21.1. The van der Waals surface area contributed by atoms with Crippen LogP contribution in [0.25, 0.3) is 16.8 Å². The minimum absolute atomic E-state index is 0.0305. The average Bonchev–Trinajstić information content (AvgIpc) is 2.87. The Bertz CT molecular complexity index is 1570. The lowest BCUT2D eigenvalue weighted by molar-refractivity contribution is -0.122. The zero-order valence-electron chi connectivity index (χ0n) is 18.7. The van der Waals surface area contributed by atoms with Crippen LogP contribution in [-0.2, 0) is 16.2 Å². The molecule has 0 radical (unpaired) electrons. The van der Waals surface area contributed by atoms with Gasteiger partial charge in [-0.1, -0.05) is 54.6 Å². The predicted molar refractivity (Wildman–Crippen MR) is 145 cm³/mol. The molecule has 36 heavy (non-hydrogen) atoms. The van der Waals surface area contributed by atoms with Crippen LogP contribution in [0.4, 0.5) is 10.1 Å². The molecule has 4 aromatic rings. The lowest BCUT2D eigenvalue weighted by Crippen LogP contribution is -2.54. The standard InChI is InChI=1S/C28H18BrFN2O3S/c29-22-15-17(10-12-25(22)35-16-18-9-11-19-5-1-2-6-20(19)13-18)14-21-26(33)31-28(36)32(27(21)34)24-8-4-3-7-23(24)30/h1-15H,16H2,(H,31,33,36). The van der Waals surface area contributed by atoms with Crippen molar-refractivity contribution in [2.24, 2.45) is 0 Å². The molecule has 0 aliphatic carbocycles. The van der Waals surface area contributed by atoms with Crippen molar-refractivity contribution in [1.29, 1.82) is 0 Å². The molecular weight excluding hydrogens is 543 g/mol. The number of hydrogen-bond acceptors (Lipinski definition) is 4. The summed E-state index contributed by atoms with van der Waals surface area (Å²) >= 11 is 8.63. The van der Waals surface area contributed by atoms with Gasteiger partial charge in [-0.15, -0.1) is 0 Å². The van der Waals surface area contributed by atoms with E-state index in [0.717, 1.165) is 21.2 Å². The number of para-hydroxylation sites is 1. The zero-order chi connectivity index (χ0) is 25.2. The van der Waals surface area contributed by atoms with Crippen molar-refractivity contribution in [3.8, 4) is 5.75 Å². The smallest absolute Gasteiger partial charge is 0.270 e. The molecule has 0 atom stereocenters. The van der Waals surface area contributed by atoms with E-state index in [0.29, 0.717) is 22.4 Å². The van der Waals surface area contributed by atoms with Gasteiger partial charge < -0.3 is 4.74 Å². The molecule has 1 aliphatic heterocycles. The number of ether oxygens (including phenoxy) is 1. The number of fused-ring (bicyclic) bond motifs is 1. The van der Waals surface area contributed by atoms with Gasteiger partial charge in [0.1, 0.15) is 23.7 Å². The van der Waals surface area contributed by atoms with Gasteiger partial charge in [-0.2, -0.15) is 0 Å². The molecule has 178 valence electrons. The highest BCUT2D eigenvalue weighted by Crippen LogP contribution is 2.29. The van der Waals surface area contributed by atoms with Crippen molar-refractivity contribution in [2.45, 2.75) is 6.61 Å². The van der Waals surface area contributed by atoms with Crippen LogP contribution in [0.5, 0.6) is 5.75 Å². The van der Waals surface area contributed by atoms with Crippen LogP contribution in [0.15, 0.2) is 95.0 Å². The van der Waals surface area contributed by atoms with Crippen LogP contribution in [0.2, 0.25) is 0 Å². The maximum atomic E-state index is 14.3. The minimum Gasteiger partial charge on any atom is -0.488 e. The number of amides is 2. The number of nitrogens with zero attached hydrogens (tertiary/aromatic N) is 1. The second kappa shape index (κ2) is 10.0. The Morgan fingerprint density at radius 2 is 1.69 bits per heavy atom. The Labute approximate surface area is 220 Å². The van der Waals surface area contributed by atoms with Crippen LogP contribution < -0.4 is 15.0 Å². The Hall–Kier alpha value is -3.88. The summed E-state index contributed by atoms with van der Waals surface area (Å²) < 4.78 is 21.0. The molecule has 0 bridgehead atoms. The molecule has 1 fully saturated rings. The lowest BCUT2D eigenvalue weighted by Gasteiger charge is -2.29. The molecule has 4 aromatic carbocycles. The summed E-state index contributed by atoms with van der Waals surface area (Å²) in [7, 11) is 0. The van der Waals surface area contributed by atoms with Gasteiger partial charge in [0.05, 0.1) is 10.2 Å². The first-order chi connectivity index (χ1) is 17.4. The van der Waals surface area contributed by atoms with Crippen LogP contribution in [0.3, 0.4) is 0 Å². The van der Waals surface area contributed by atoms with Crippen LogP contribution >= 0.6 is 28.1 Å². The van der Waals surface area contributed by atoms with E-state index in [1.807, 2.05) is 18.2 Å². The van der Waals surface area contributed by atoms with E-state index in [9.17, 15) is 14.0 Å². The van der Waals surface area contributed by atoms with Crippen LogP contribution in [-0.4, -0.2) is 16.9 Å². The number of hydrogen-bond donors (Lipinski definition) is 1. The van der Waals surface area contributed by atoms with E-state index in [1.54, 1.807) is 24.3 Å². The first-order valence-corrected chi connectivity index (χ1v) is 12.2. The third-order valence-corrected chi connectivity index (χ3v) is 6.57.